The molecule has 0 radical (unpaired) electrons. The van der Waals surface area contributed by atoms with Gasteiger partial charge in [0.1, 0.15) is 29.1 Å². The zero-order valence-corrected chi connectivity index (χ0v) is 22.1. The topological polar surface area (TPSA) is 88.9 Å². The third-order valence-corrected chi connectivity index (χ3v) is 6.55. The lowest BCUT2D eigenvalue weighted by molar-refractivity contribution is -0.114. The van der Waals surface area contributed by atoms with Gasteiger partial charge in [-0.3, -0.25) is 9.78 Å². The van der Waals surface area contributed by atoms with Crippen molar-refractivity contribution < 1.29 is 18.7 Å². The number of aromatic nitrogens is 1. The van der Waals surface area contributed by atoms with E-state index in [0.29, 0.717) is 28.9 Å². The Morgan fingerprint density at radius 1 is 1.13 bits per heavy atom. The molecular weight excluding hydrogens is 500 g/mol. The molecule has 2 N–H and O–H groups in total. The summed E-state index contributed by atoms with van der Waals surface area (Å²) in [6.07, 6.45) is 1.76. The van der Waals surface area contributed by atoms with Crippen LogP contribution in [-0.4, -0.2) is 29.7 Å². The molecule has 194 valence electrons. The number of thiocarbonyl (C=S) groups is 1. The largest absolute Gasteiger partial charge is 0.495 e. The van der Waals surface area contributed by atoms with E-state index in [1.807, 2.05) is 84.6 Å². The second-order valence-corrected chi connectivity index (χ2v) is 9.11. The van der Waals surface area contributed by atoms with Crippen LogP contribution in [0.25, 0.3) is 11.3 Å². The van der Waals surface area contributed by atoms with Crippen molar-refractivity contribution in [3.8, 4) is 22.8 Å². The van der Waals surface area contributed by atoms with E-state index in [4.69, 9.17) is 26.1 Å². The number of hydrogen-bond acceptors (Lipinski definition) is 6. The Morgan fingerprint density at radius 3 is 2.63 bits per heavy atom. The SMILES string of the molecule is CCOc1ccc(-c2ccc([C@@H]3[C@@H](c4ccccn4)NC(=S)N3c3ccc(OC)c(NC(C)=O)c3)o2)cc1. The van der Waals surface area contributed by atoms with Crippen LogP contribution in [0.15, 0.2) is 83.4 Å². The van der Waals surface area contributed by atoms with Crippen LogP contribution in [0.4, 0.5) is 11.4 Å². The number of ether oxygens (including phenoxy) is 2. The summed E-state index contributed by atoms with van der Waals surface area (Å²) in [4.78, 5) is 18.4. The molecule has 4 aromatic rings. The maximum Gasteiger partial charge on any atom is 0.221 e. The highest BCUT2D eigenvalue weighted by atomic mass is 32.1. The van der Waals surface area contributed by atoms with Crippen LogP contribution in [0, 0.1) is 0 Å². The lowest BCUT2D eigenvalue weighted by atomic mass is 10.0. The van der Waals surface area contributed by atoms with Crippen molar-refractivity contribution in [2.45, 2.75) is 25.9 Å². The molecule has 8 nitrogen and oxygen atoms in total. The van der Waals surface area contributed by atoms with Gasteiger partial charge in [0.15, 0.2) is 5.11 Å². The zero-order chi connectivity index (χ0) is 26.6. The van der Waals surface area contributed by atoms with Crippen molar-refractivity contribution >= 4 is 34.6 Å². The minimum atomic E-state index is -0.340. The van der Waals surface area contributed by atoms with E-state index in [-0.39, 0.29) is 18.0 Å². The number of benzene rings is 2. The number of nitrogens with one attached hydrogen (secondary N) is 2. The molecule has 1 fully saturated rings. The number of methoxy groups -OCH3 is 1. The van der Waals surface area contributed by atoms with Crippen LogP contribution in [-0.2, 0) is 4.79 Å². The van der Waals surface area contributed by atoms with E-state index in [9.17, 15) is 4.79 Å². The average Bonchev–Trinajstić information content (AvgIpc) is 3.54. The molecule has 0 aliphatic carbocycles. The fraction of sp³-hybridized carbons (Fsp3) is 0.207. The maximum absolute atomic E-state index is 11.8. The first-order valence-corrected chi connectivity index (χ1v) is 12.7. The minimum absolute atomic E-state index is 0.198. The van der Waals surface area contributed by atoms with Gasteiger partial charge in [0.25, 0.3) is 0 Å². The minimum Gasteiger partial charge on any atom is -0.495 e. The molecule has 38 heavy (non-hydrogen) atoms. The fourth-order valence-electron chi connectivity index (χ4n) is 4.60. The number of carbonyl (C=O) groups excluding carboxylic acids is 1. The summed E-state index contributed by atoms with van der Waals surface area (Å²) in [5, 5.41) is 6.78. The second-order valence-electron chi connectivity index (χ2n) is 8.72. The van der Waals surface area contributed by atoms with Gasteiger partial charge in [-0.25, -0.2) is 0 Å². The molecule has 1 aliphatic rings. The number of anilines is 2. The highest BCUT2D eigenvalue weighted by Gasteiger charge is 2.42. The van der Waals surface area contributed by atoms with Crippen LogP contribution < -0.4 is 25.0 Å². The molecule has 1 amide bonds. The van der Waals surface area contributed by atoms with E-state index in [1.54, 1.807) is 13.3 Å². The average molecular weight is 529 g/mol. The van der Waals surface area contributed by atoms with E-state index >= 15 is 0 Å². The van der Waals surface area contributed by atoms with Crippen LogP contribution >= 0.6 is 12.2 Å². The summed E-state index contributed by atoms with van der Waals surface area (Å²) < 4.78 is 17.5. The molecule has 9 heteroatoms. The van der Waals surface area contributed by atoms with Crippen molar-refractivity contribution in [1.82, 2.24) is 10.3 Å². The lowest BCUT2D eigenvalue weighted by Crippen LogP contribution is -2.29. The van der Waals surface area contributed by atoms with Crippen LogP contribution in [0.1, 0.15) is 37.4 Å². The summed E-state index contributed by atoms with van der Waals surface area (Å²) in [6, 6.07) is 22.5. The molecule has 0 spiro atoms. The number of rotatable bonds is 8. The molecule has 0 bridgehead atoms. The summed E-state index contributed by atoms with van der Waals surface area (Å²) >= 11 is 5.82. The molecule has 3 heterocycles. The monoisotopic (exact) mass is 528 g/mol. The third-order valence-electron chi connectivity index (χ3n) is 6.24. The highest BCUT2D eigenvalue weighted by Crippen LogP contribution is 2.44. The van der Waals surface area contributed by atoms with Crippen molar-refractivity contribution in [1.29, 1.82) is 0 Å². The quantitative estimate of drug-likeness (QED) is 0.274. The Hall–Kier alpha value is -4.37. The first kappa shape index (κ1) is 25.3. The lowest BCUT2D eigenvalue weighted by Gasteiger charge is -2.27. The predicted octanol–water partition coefficient (Wildman–Crippen LogP) is 5.88. The van der Waals surface area contributed by atoms with Crippen LogP contribution in [0.3, 0.4) is 0 Å². The van der Waals surface area contributed by atoms with Crippen LogP contribution in [0.2, 0.25) is 0 Å². The summed E-state index contributed by atoms with van der Waals surface area (Å²) in [7, 11) is 1.56. The van der Waals surface area contributed by atoms with Gasteiger partial charge in [0.2, 0.25) is 5.91 Å². The number of hydrogen-bond donors (Lipinski definition) is 2. The molecule has 1 saturated heterocycles. The fourth-order valence-corrected chi connectivity index (χ4v) is 4.95. The summed E-state index contributed by atoms with van der Waals surface area (Å²) in [6.45, 7) is 4.02. The van der Waals surface area contributed by atoms with E-state index in [2.05, 4.69) is 15.6 Å². The number of nitrogens with zero attached hydrogens (tertiary/aromatic N) is 2. The molecular formula is C29H28N4O4S. The standard InChI is InChI=1S/C29H28N4O4S/c1-4-36-21-11-8-19(9-12-21)24-14-15-26(37-24)28-27(22-7-5-6-16-30-22)32-29(38)33(28)20-10-13-25(35-3)23(17-20)31-18(2)34/h5-17,27-28H,4H2,1-3H3,(H,31,34)(H,32,38)/t27-,28-/m1/s1. The van der Waals surface area contributed by atoms with Gasteiger partial charge in [-0.05, 0) is 85.9 Å². The van der Waals surface area contributed by atoms with Gasteiger partial charge < -0.3 is 29.4 Å². The third kappa shape index (κ3) is 5.05. The van der Waals surface area contributed by atoms with Crippen molar-refractivity contribution in [2.75, 3.05) is 23.9 Å². The molecule has 1 aliphatic heterocycles. The Labute approximate surface area is 226 Å². The second kappa shape index (κ2) is 10.9. The molecule has 2 atom stereocenters. The Balaban J connectivity index is 1.56. The van der Waals surface area contributed by atoms with Gasteiger partial charge >= 0.3 is 0 Å². The van der Waals surface area contributed by atoms with Gasteiger partial charge in [-0.2, -0.15) is 0 Å². The Morgan fingerprint density at radius 2 is 1.95 bits per heavy atom. The number of pyridine rings is 1. The predicted molar refractivity (Wildman–Crippen MR) is 151 cm³/mol. The zero-order valence-electron chi connectivity index (χ0n) is 21.3. The summed E-state index contributed by atoms with van der Waals surface area (Å²) in [5.41, 5.74) is 3.09. The van der Waals surface area contributed by atoms with Gasteiger partial charge in [0.05, 0.1) is 31.1 Å². The van der Waals surface area contributed by atoms with Gasteiger partial charge in [-0.1, -0.05) is 6.07 Å². The van der Waals surface area contributed by atoms with Crippen molar-refractivity contribution in [3.63, 3.8) is 0 Å². The maximum atomic E-state index is 11.8. The molecule has 0 unspecified atom stereocenters. The van der Waals surface area contributed by atoms with Crippen molar-refractivity contribution in [3.05, 3.63) is 90.4 Å². The molecule has 0 saturated carbocycles. The summed E-state index contributed by atoms with van der Waals surface area (Å²) in [5.74, 6) is 2.61. The van der Waals surface area contributed by atoms with E-state index in [0.717, 1.165) is 28.5 Å². The Kier molecular flexibility index (Phi) is 7.28. The van der Waals surface area contributed by atoms with E-state index in [1.165, 1.54) is 6.92 Å². The number of amides is 1. The first-order chi connectivity index (χ1) is 18.5. The molecule has 2 aromatic carbocycles. The molecule has 2 aromatic heterocycles. The smallest absolute Gasteiger partial charge is 0.221 e. The first-order valence-electron chi connectivity index (χ1n) is 12.3. The normalized spacial score (nSPS) is 16.7. The number of carbonyl (C=O) groups is 1. The van der Waals surface area contributed by atoms with Crippen LogP contribution in [0.5, 0.6) is 11.5 Å². The molecule has 5 rings (SSSR count). The van der Waals surface area contributed by atoms with Gasteiger partial charge in [-0.15, -0.1) is 0 Å². The van der Waals surface area contributed by atoms with E-state index < -0.39 is 0 Å². The van der Waals surface area contributed by atoms with Gasteiger partial charge in [0, 0.05) is 24.4 Å². The highest BCUT2D eigenvalue weighted by molar-refractivity contribution is 7.80. The number of furan rings is 1. The van der Waals surface area contributed by atoms with Crippen molar-refractivity contribution in [2.24, 2.45) is 0 Å². The Bertz CT molecular complexity index is 1440.